The van der Waals surface area contributed by atoms with E-state index in [0.29, 0.717) is 17.0 Å². The molecular formula is C27H29N5O4. The number of benzene rings is 2. The second kappa shape index (κ2) is 12.7. The number of dihydropyridines is 1. The Kier molecular flexibility index (Phi) is 9.16. The van der Waals surface area contributed by atoms with Gasteiger partial charge in [-0.1, -0.05) is 48.6 Å². The topological polar surface area (TPSA) is 150 Å². The van der Waals surface area contributed by atoms with Crippen LogP contribution in [0.15, 0.2) is 89.6 Å². The first-order valence-electron chi connectivity index (χ1n) is 11.3. The first-order chi connectivity index (χ1) is 17.4. The fraction of sp³-hybridized carbons (Fsp3) is 0.185. The number of anilines is 1. The highest BCUT2D eigenvalue weighted by atomic mass is 16.5. The van der Waals surface area contributed by atoms with Crippen LogP contribution in [0.3, 0.4) is 0 Å². The van der Waals surface area contributed by atoms with E-state index in [4.69, 9.17) is 21.0 Å². The van der Waals surface area contributed by atoms with E-state index in [1.807, 2.05) is 24.3 Å². The van der Waals surface area contributed by atoms with Crippen LogP contribution in [0.2, 0.25) is 0 Å². The Labute approximate surface area is 209 Å². The molecule has 3 rings (SSSR count). The van der Waals surface area contributed by atoms with Crippen molar-refractivity contribution < 1.29 is 19.4 Å². The zero-order chi connectivity index (χ0) is 25.9. The van der Waals surface area contributed by atoms with Crippen molar-refractivity contribution in [1.29, 1.82) is 5.41 Å². The Balaban J connectivity index is 2.01. The number of carbonyl (C=O) groups is 2. The number of aliphatic imine (C=N–C) groups is 1. The number of hydrogen-bond acceptors (Lipinski definition) is 8. The highest BCUT2D eigenvalue weighted by molar-refractivity contribution is 6.28. The third-order valence-electron chi connectivity index (χ3n) is 5.38. The molecule has 1 aliphatic heterocycles. The van der Waals surface area contributed by atoms with Crippen molar-refractivity contribution in [2.24, 2.45) is 10.7 Å². The fourth-order valence-electron chi connectivity index (χ4n) is 3.57. The number of nitrogens with zero attached hydrogens (tertiary/aromatic N) is 1. The number of nitrogens with one attached hydrogen (secondary N) is 3. The number of carboxylic acids is 1. The molecule has 1 heterocycles. The molecule has 0 fully saturated rings. The van der Waals surface area contributed by atoms with E-state index >= 15 is 0 Å². The van der Waals surface area contributed by atoms with Gasteiger partial charge >= 0.3 is 5.97 Å². The van der Waals surface area contributed by atoms with Crippen molar-refractivity contribution in [2.75, 3.05) is 19.0 Å². The number of ketones is 1. The maximum absolute atomic E-state index is 13.9. The summed E-state index contributed by atoms with van der Waals surface area (Å²) in [4.78, 5) is 28.8. The van der Waals surface area contributed by atoms with Gasteiger partial charge < -0.3 is 31.6 Å². The van der Waals surface area contributed by atoms with Crippen LogP contribution in [0.1, 0.15) is 12.0 Å². The van der Waals surface area contributed by atoms with Crippen LogP contribution >= 0.6 is 0 Å². The normalized spacial score (nSPS) is 16.1. The van der Waals surface area contributed by atoms with Gasteiger partial charge in [0.2, 0.25) is 0 Å². The molecule has 186 valence electrons. The molecular weight excluding hydrogens is 458 g/mol. The molecule has 0 aromatic heterocycles. The van der Waals surface area contributed by atoms with E-state index in [-0.39, 0.29) is 29.4 Å². The Morgan fingerprint density at radius 1 is 1.22 bits per heavy atom. The summed E-state index contributed by atoms with van der Waals surface area (Å²) in [5.41, 5.74) is 7.81. The van der Waals surface area contributed by atoms with Gasteiger partial charge in [0, 0.05) is 36.1 Å². The third kappa shape index (κ3) is 7.17. The quantitative estimate of drug-likeness (QED) is 0.228. The van der Waals surface area contributed by atoms with Crippen molar-refractivity contribution in [2.45, 2.75) is 18.5 Å². The van der Waals surface area contributed by atoms with Crippen molar-refractivity contribution >= 4 is 35.1 Å². The lowest BCUT2D eigenvalue weighted by Gasteiger charge is -2.24. The van der Waals surface area contributed by atoms with E-state index in [1.54, 1.807) is 61.8 Å². The minimum absolute atomic E-state index is 0.0136. The Hall–Kier alpha value is -4.66. The largest absolute Gasteiger partial charge is 0.497 e. The standard InChI is InChI=1S/C27H29N5O4/c1-36-21-12-7-11-20(14-21)32-26(23(28)15-19-10-5-6-13-31-19)27(35)22(16-30-17-24(33)34)25(29)18-8-3-2-4-9-18/h2-14,16,19,26,28,31-32H,15,17,29H2,1H3,(H,33,34). The van der Waals surface area contributed by atoms with Crippen molar-refractivity contribution in [3.8, 4) is 5.75 Å². The molecule has 2 atom stereocenters. The van der Waals surface area contributed by atoms with Crippen LogP contribution in [0.25, 0.3) is 5.70 Å². The first-order valence-corrected chi connectivity index (χ1v) is 11.3. The summed E-state index contributed by atoms with van der Waals surface area (Å²) in [6.07, 6.45) is 8.83. The van der Waals surface area contributed by atoms with Gasteiger partial charge in [0.05, 0.1) is 18.4 Å². The van der Waals surface area contributed by atoms with Crippen LogP contribution < -0.4 is 21.1 Å². The molecule has 9 heteroatoms. The lowest BCUT2D eigenvalue weighted by atomic mass is 9.93. The summed E-state index contributed by atoms with van der Waals surface area (Å²) in [5, 5.41) is 24.1. The maximum Gasteiger partial charge on any atom is 0.325 e. The van der Waals surface area contributed by atoms with E-state index in [0.717, 1.165) is 0 Å². The highest BCUT2D eigenvalue weighted by Gasteiger charge is 2.29. The third-order valence-corrected chi connectivity index (χ3v) is 5.38. The number of hydrogen-bond donors (Lipinski definition) is 5. The van der Waals surface area contributed by atoms with Gasteiger partial charge in [-0.15, -0.1) is 0 Å². The number of rotatable bonds is 12. The number of ether oxygens (including phenoxy) is 1. The Morgan fingerprint density at radius 2 is 2.00 bits per heavy atom. The molecule has 2 aromatic carbocycles. The Morgan fingerprint density at radius 3 is 2.67 bits per heavy atom. The van der Waals surface area contributed by atoms with Crippen LogP contribution in [0.5, 0.6) is 5.75 Å². The average molecular weight is 488 g/mol. The second-order valence-electron chi connectivity index (χ2n) is 7.98. The predicted molar refractivity (Wildman–Crippen MR) is 142 cm³/mol. The Bertz CT molecular complexity index is 1220. The van der Waals surface area contributed by atoms with Gasteiger partial charge in [0.25, 0.3) is 0 Å². The number of nitrogens with two attached hydrogens (primary N) is 1. The summed E-state index contributed by atoms with van der Waals surface area (Å²) in [6.45, 7) is -0.520. The average Bonchev–Trinajstić information content (AvgIpc) is 2.90. The summed E-state index contributed by atoms with van der Waals surface area (Å²) in [6, 6.07) is 14.6. The van der Waals surface area contributed by atoms with Gasteiger partial charge in [-0.2, -0.15) is 0 Å². The predicted octanol–water partition coefficient (Wildman–Crippen LogP) is 3.02. The lowest BCUT2D eigenvalue weighted by molar-refractivity contribution is -0.135. The number of Topliss-reactive ketones (excluding diaryl/α,β-unsaturated/α-hetero) is 1. The molecule has 0 saturated carbocycles. The SMILES string of the molecule is COc1cccc(NC(C(=N)CC2C=CC=CN2)C(=O)C(C=NCC(=O)O)=C(N)c2ccccc2)c1. The van der Waals surface area contributed by atoms with E-state index in [2.05, 4.69) is 15.6 Å². The molecule has 6 N–H and O–H groups in total. The monoisotopic (exact) mass is 487 g/mol. The molecule has 0 spiro atoms. The number of aliphatic carboxylic acids is 1. The van der Waals surface area contributed by atoms with Gasteiger partial charge in [0.15, 0.2) is 5.78 Å². The van der Waals surface area contributed by atoms with E-state index in [9.17, 15) is 9.59 Å². The zero-order valence-corrected chi connectivity index (χ0v) is 19.8. The van der Waals surface area contributed by atoms with Crippen LogP contribution in [-0.4, -0.2) is 54.5 Å². The minimum Gasteiger partial charge on any atom is -0.497 e. The van der Waals surface area contributed by atoms with Crippen LogP contribution in [-0.2, 0) is 9.59 Å². The maximum atomic E-state index is 13.9. The van der Waals surface area contributed by atoms with Gasteiger partial charge in [-0.25, -0.2) is 0 Å². The van der Waals surface area contributed by atoms with Gasteiger partial charge in [-0.3, -0.25) is 14.6 Å². The smallest absolute Gasteiger partial charge is 0.325 e. The van der Waals surface area contributed by atoms with Crippen LogP contribution in [0, 0.1) is 5.41 Å². The molecule has 36 heavy (non-hydrogen) atoms. The van der Waals surface area contributed by atoms with Crippen LogP contribution in [0.4, 0.5) is 5.69 Å². The molecule has 0 saturated heterocycles. The van der Waals surface area contributed by atoms with E-state index in [1.165, 1.54) is 6.21 Å². The number of carboxylic acid groups (broad SMARTS) is 1. The van der Waals surface area contributed by atoms with Gasteiger partial charge in [0.1, 0.15) is 18.3 Å². The minimum atomic E-state index is -1.14. The van der Waals surface area contributed by atoms with Crippen molar-refractivity contribution in [1.82, 2.24) is 5.32 Å². The molecule has 0 amide bonds. The number of carbonyl (C=O) groups excluding carboxylic acids is 1. The molecule has 0 aliphatic carbocycles. The molecule has 0 bridgehead atoms. The first kappa shape index (κ1) is 26.0. The molecule has 0 radical (unpaired) electrons. The van der Waals surface area contributed by atoms with Gasteiger partial charge in [-0.05, 0) is 30.0 Å². The molecule has 2 unspecified atom stereocenters. The highest BCUT2D eigenvalue weighted by Crippen LogP contribution is 2.21. The summed E-state index contributed by atoms with van der Waals surface area (Å²) < 4.78 is 5.29. The van der Waals surface area contributed by atoms with Crippen molar-refractivity contribution in [3.63, 3.8) is 0 Å². The van der Waals surface area contributed by atoms with Crippen molar-refractivity contribution in [3.05, 3.63) is 90.2 Å². The zero-order valence-electron chi connectivity index (χ0n) is 19.8. The summed E-state index contributed by atoms with van der Waals surface area (Å²) >= 11 is 0. The summed E-state index contributed by atoms with van der Waals surface area (Å²) in [5.74, 6) is -1.06. The summed E-state index contributed by atoms with van der Waals surface area (Å²) in [7, 11) is 1.54. The molecule has 9 nitrogen and oxygen atoms in total. The molecule has 2 aromatic rings. The number of methoxy groups -OCH3 is 1. The number of allylic oxidation sites excluding steroid dienone is 2. The lowest BCUT2D eigenvalue weighted by Crippen LogP contribution is -2.42. The second-order valence-corrected chi connectivity index (χ2v) is 7.98. The van der Waals surface area contributed by atoms with E-state index < -0.39 is 24.3 Å². The molecule has 1 aliphatic rings. The fourth-order valence-corrected chi connectivity index (χ4v) is 3.57.